The van der Waals surface area contributed by atoms with Crippen molar-refractivity contribution in [3.05, 3.63) is 70.2 Å². The number of para-hydroxylation sites is 2. The summed E-state index contributed by atoms with van der Waals surface area (Å²) in [5, 5.41) is 4.11. The van der Waals surface area contributed by atoms with Crippen LogP contribution in [0.15, 0.2) is 54.7 Å². The van der Waals surface area contributed by atoms with E-state index in [4.69, 9.17) is 21.1 Å². The Balaban J connectivity index is 1.63. The van der Waals surface area contributed by atoms with Crippen LogP contribution in [-0.2, 0) is 11.2 Å². The summed E-state index contributed by atoms with van der Waals surface area (Å²) < 4.78 is 11.1. The van der Waals surface area contributed by atoms with Crippen molar-refractivity contribution < 1.29 is 14.3 Å². The van der Waals surface area contributed by atoms with Gasteiger partial charge >= 0.3 is 0 Å². The van der Waals surface area contributed by atoms with E-state index in [0.29, 0.717) is 28.1 Å². The standard InChI is InChI=1S/C21H21ClN2O3S/c1-3-17(27-19-7-5-4-6-18(19)26-2)20(25)24-21-23-13-16(28-21)12-14-8-10-15(22)11-9-14/h4-11,13,17H,3,12H2,1-2H3,(H,23,24,25). The van der Waals surface area contributed by atoms with Crippen molar-refractivity contribution in [1.29, 1.82) is 0 Å². The Morgan fingerprint density at radius 1 is 1.18 bits per heavy atom. The van der Waals surface area contributed by atoms with Gasteiger partial charge in [-0.05, 0) is 36.2 Å². The van der Waals surface area contributed by atoms with Crippen molar-refractivity contribution in [2.45, 2.75) is 25.9 Å². The summed E-state index contributed by atoms with van der Waals surface area (Å²) in [7, 11) is 1.57. The van der Waals surface area contributed by atoms with Gasteiger partial charge in [-0.25, -0.2) is 4.98 Å². The molecule has 5 nitrogen and oxygen atoms in total. The maximum absolute atomic E-state index is 12.6. The molecule has 7 heteroatoms. The van der Waals surface area contributed by atoms with E-state index in [9.17, 15) is 4.79 Å². The molecule has 0 fully saturated rings. The Labute approximate surface area is 173 Å². The summed E-state index contributed by atoms with van der Waals surface area (Å²) >= 11 is 7.37. The van der Waals surface area contributed by atoms with Crippen LogP contribution in [0, 0.1) is 0 Å². The predicted octanol–water partition coefficient (Wildman–Crippen LogP) is 5.19. The lowest BCUT2D eigenvalue weighted by Crippen LogP contribution is -2.32. The van der Waals surface area contributed by atoms with Crippen LogP contribution in [0.4, 0.5) is 5.13 Å². The smallest absolute Gasteiger partial charge is 0.267 e. The number of hydrogen-bond donors (Lipinski definition) is 1. The Morgan fingerprint density at radius 3 is 2.57 bits per heavy atom. The van der Waals surface area contributed by atoms with E-state index < -0.39 is 6.10 Å². The maximum Gasteiger partial charge on any atom is 0.267 e. The number of amides is 1. The molecule has 0 saturated carbocycles. The number of nitrogens with zero attached hydrogens (tertiary/aromatic N) is 1. The first-order chi connectivity index (χ1) is 13.6. The molecule has 1 amide bonds. The number of ether oxygens (including phenoxy) is 2. The third-order valence-electron chi connectivity index (χ3n) is 4.08. The molecule has 1 N–H and O–H groups in total. The zero-order valence-electron chi connectivity index (χ0n) is 15.6. The Kier molecular flexibility index (Phi) is 6.90. The predicted molar refractivity (Wildman–Crippen MR) is 113 cm³/mol. The second kappa shape index (κ2) is 9.57. The van der Waals surface area contributed by atoms with E-state index in [-0.39, 0.29) is 5.91 Å². The van der Waals surface area contributed by atoms with Gasteiger partial charge in [0, 0.05) is 22.5 Å². The van der Waals surface area contributed by atoms with Gasteiger partial charge in [0.2, 0.25) is 0 Å². The van der Waals surface area contributed by atoms with Gasteiger partial charge in [0.25, 0.3) is 5.91 Å². The molecule has 0 radical (unpaired) electrons. The molecule has 0 aliphatic heterocycles. The summed E-state index contributed by atoms with van der Waals surface area (Å²) in [6, 6.07) is 15.0. The van der Waals surface area contributed by atoms with Crippen LogP contribution >= 0.6 is 22.9 Å². The highest BCUT2D eigenvalue weighted by Gasteiger charge is 2.21. The van der Waals surface area contributed by atoms with Crippen LogP contribution < -0.4 is 14.8 Å². The minimum absolute atomic E-state index is 0.235. The van der Waals surface area contributed by atoms with E-state index in [1.54, 1.807) is 25.4 Å². The third kappa shape index (κ3) is 5.24. The summed E-state index contributed by atoms with van der Waals surface area (Å²) in [6.45, 7) is 1.90. The molecule has 1 unspecified atom stereocenters. The molecule has 0 bridgehead atoms. The molecule has 0 saturated heterocycles. The summed E-state index contributed by atoms with van der Waals surface area (Å²) in [6.07, 6.45) is 2.39. The van der Waals surface area contributed by atoms with Gasteiger partial charge in [-0.2, -0.15) is 0 Å². The van der Waals surface area contributed by atoms with Gasteiger partial charge in [-0.1, -0.05) is 42.8 Å². The first kappa shape index (κ1) is 20.2. The zero-order chi connectivity index (χ0) is 19.9. The van der Waals surface area contributed by atoms with Crippen LogP contribution in [0.5, 0.6) is 11.5 Å². The number of thiazole rings is 1. The van der Waals surface area contributed by atoms with E-state index in [0.717, 1.165) is 16.9 Å². The lowest BCUT2D eigenvalue weighted by atomic mass is 10.1. The fourth-order valence-corrected chi connectivity index (χ4v) is 3.60. The van der Waals surface area contributed by atoms with Crippen molar-refractivity contribution in [1.82, 2.24) is 4.98 Å². The number of carbonyl (C=O) groups excluding carboxylic acids is 1. The molecule has 1 atom stereocenters. The molecule has 1 aromatic heterocycles. The zero-order valence-corrected chi connectivity index (χ0v) is 17.2. The highest BCUT2D eigenvalue weighted by Crippen LogP contribution is 2.28. The number of methoxy groups -OCH3 is 1. The summed E-state index contributed by atoms with van der Waals surface area (Å²) in [5.74, 6) is 0.892. The molecule has 0 aliphatic rings. The van der Waals surface area contributed by atoms with Crippen LogP contribution in [0.25, 0.3) is 0 Å². The van der Waals surface area contributed by atoms with E-state index in [1.807, 2.05) is 43.3 Å². The fraction of sp³-hybridized carbons (Fsp3) is 0.238. The van der Waals surface area contributed by atoms with Gasteiger partial charge in [0.05, 0.1) is 7.11 Å². The lowest BCUT2D eigenvalue weighted by Gasteiger charge is -2.18. The molecule has 2 aromatic carbocycles. The quantitative estimate of drug-likeness (QED) is 0.548. The molecule has 146 valence electrons. The molecular formula is C21H21ClN2O3S. The number of halogens is 1. The van der Waals surface area contributed by atoms with E-state index >= 15 is 0 Å². The number of carbonyl (C=O) groups is 1. The summed E-state index contributed by atoms with van der Waals surface area (Å²) in [5.41, 5.74) is 1.14. The molecule has 0 spiro atoms. The molecular weight excluding hydrogens is 396 g/mol. The number of rotatable bonds is 8. The molecule has 28 heavy (non-hydrogen) atoms. The van der Waals surface area contributed by atoms with Crippen molar-refractivity contribution in [3.8, 4) is 11.5 Å². The average Bonchev–Trinajstić information content (AvgIpc) is 3.14. The Hall–Kier alpha value is -2.57. The normalized spacial score (nSPS) is 11.7. The number of aromatic nitrogens is 1. The van der Waals surface area contributed by atoms with Gasteiger partial charge in [0.15, 0.2) is 22.7 Å². The minimum Gasteiger partial charge on any atom is -0.493 e. The van der Waals surface area contributed by atoms with Crippen LogP contribution in [-0.4, -0.2) is 24.1 Å². The molecule has 1 heterocycles. The highest BCUT2D eigenvalue weighted by atomic mass is 35.5. The first-order valence-electron chi connectivity index (χ1n) is 8.88. The van der Waals surface area contributed by atoms with Crippen LogP contribution in [0.1, 0.15) is 23.8 Å². The number of anilines is 1. The highest BCUT2D eigenvalue weighted by molar-refractivity contribution is 7.15. The first-order valence-corrected chi connectivity index (χ1v) is 10.1. The van der Waals surface area contributed by atoms with Crippen molar-refractivity contribution >= 4 is 34.0 Å². The average molecular weight is 417 g/mol. The second-order valence-corrected chi connectivity index (χ2v) is 7.64. The van der Waals surface area contributed by atoms with Crippen molar-refractivity contribution in [3.63, 3.8) is 0 Å². The molecule has 3 aromatic rings. The number of benzene rings is 2. The van der Waals surface area contributed by atoms with Crippen molar-refractivity contribution in [2.75, 3.05) is 12.4 Å². The van der Waals surface area contributed by atoms with E-state index in [2.05, 4.69) is 10.3 Å². The molecule has 3 rings (SSSR count). The fourth-order valence-electron chi connectivity index (χ4n) is 2.63. The van der Waals surface area contributed by atoms with Gasteiger partial charge in [-0.3, -0.25) is 10.1 Å². The minimum atomic E-state index is -0.639. The monoisotopic (exact) mass is 416 g/mol. The number of nitrogens with one attached hydrogen (secondary N) is 1. The van der Waals surface area contributed by atoms with Gasteiger partial charge in [0.1, 0.15) is 0 Å². The van der Waals surface area contributed by atoms with Gasteiger partial charge in [-0.15, -0.1) is 11.3 Å². The largest absolute Gasteiger partial charge is 0.493 e. The third-order valence-corrected chi connectivity index (χ3v) is 5.24. The van der Waals surface area contributed by atoms with Gasteiger partial charge < -0.3 is 9.47 Å². The van der Waals surface area contributed by atoms with Crippen molar-refractivity contribution in [2.24, 2.45) is 0 Å². The summed E-state index contributed by atoms with van der Waals surface area (Å²) in [4.78, 5) is 18.0. The Bertz CT molecular complexity index is 927. The van der Waals surface area contributed by atoms with E-state index in [1.165, 1.54) is 11.3 Å². The SMILES string of the molecule is CCC(Oc1ccccc1OC)C(=O)Nc1ncc(Cc2ccc(Cl)cc2)s1. The topological polar surface area (TPSA) is 60.5 Å². The maximum atomic E-state index is 12.6. The Morgan fingerprint density at radius 2 is 1.89 bits per heavy atom. The van der Waals surface area contributed by atoms with Crippen LogP contribution in [0.2, 0.25) is 5.02 Å². The van der Waals surface area contributed by atoms with Crippen LogP contribution in [0.3, 0.4) is 0 Å². The number of hydrogen-bond acceptors (Lipinski definition) is 5. The molecule has 0 aliphatic carbocycles. The lowest BCUT2D eigenvalue weighted by molar-refractivity contribution is -0.122. The second-order valence-electron chi connectivity index (χ2n) is 6.09.